The molecule has 1 aliphatic rings. The normalized spacial score (nSPS) is 16.4. The molecule has 0 amide bonds. The quantitative estimate of drug-likeness (QED) is 0.714. The lowest BCUT2D eigenvalue weighted by Gasteiger charge is -2.20. The molecule has 0 aliphatic heterocycles. The van der Waals surface area contributed by atoms with E-state index in [1.54, 1.807) is 24.3 Å². The Hall–Kier alpha value is -2.01. The molecule has 1 atom stereocenters. The van der Waals surface area contributed by atoms with Gasteiger partial charge in [-0.15, -0.1) is 0 Å². The Labute approximate surface area is 162 Å². The Morgan fingerprint density at radius 3 is 2.37 bits per heavy atom. The summed E-state index contributed by atoms with van der Waals surface area (Å²) in [6, 6.07) is 12.6. The van der Waals surface area contributed by atoms with E-state index in [9.17, 15) is 13.2 Å². The van der Waals surface area contributed by atoms with Crippen molar-refractivity contribution in [3.8, 4) is 0 Å². The van der Waals surface area contributed by atoms with E-state index in [-0.39, 0.29) is 11.7 Å². The molecule has 1 heterocycles. The number of benzene rings is 1. The summed E-state index contributed by atoms with van der Waals surface area (Å²) < 4.78 is 23.4. The molecule has 0 unspecified atom stereocenters. The first-order valence-electron chi connectivity index (χ1n) is 9.58. The monoisotopic (exact) mass is 385 g/mol. The third kappa shape index (κ3) is 5.25. The average Bonchev–Trinajstić information content (AvgIpc) is 3.12. The van der Waals surface area contributed by atoms with Crippen molar-refractivity contribution in [2.45, 2.75) is 56.3 Å². The molecule has 1 aromatic heterocycles. The van der Waals surface area contributed by atoms with Gasteiger partial charge in [-0.05, 0) is 49.1 Å². The maximum absolute atomic E-state index is 13.1. The summed E-state index contributed by atoms with van der Waals surface area (Å²) in [5, 5.41) is 0. The Balaban J connectivity index is 1.84. The number of Topliss-reactive ketones (excluding diaryl/α,β-unsaturated/α-hetero) is 1. The van der Waals surface area contributed by atoms with Gasteiger partial charge in [-0.3, -0.25) is 9.78 Å². The Kier molecular flexibility index (Phi) is 6.10. The number of rotatable bonds is 7. The lowest BCUT2D eigenvalue weighted by Crippen LogP contribution is -2.19. The van der Waals surface area contributed by atoms with Gasteiger partial charge in [0.25, 0.3) is 0 Å². The number of aryl methyl sites for hydroxylation is 1. The summed E-state index contributed by atoms with van der Waals surface area (Å²) in [5.74, 6) is 0.523. The van der Waals surface area contributed by atoms with E-state index in [2.05, 4.69) is 4.98 Å². The van der Waals surface area contributed by atoms with Crippen molar-refractivity contribution in [2.24, 2.45) is 5.92 Å². The molecule has 2 aromatic rings. The fraction of sp³-hybridized carbons (Fsp3) is 0.455. The zero-order valence-corrected chi connectivity index (χ0v) is 16.8. The van der Waals surface area contributed by atoms with Gasteiger partial charge in [-0.1, -0.05) is 43.9 Å². The van der Waals surface area contributed by atoms with E-state index in [4.69, 9.17) is 0 Å². The van der Waals surface area contributed by atoms with Gasteiger partial charge in [-0.25, -0.2) is 8.42 Å². The van der Waals surface area contributed by atoms with Crippen LogP contribution in [0.15, 0.2) is 47.4 Å². The van der Waals surface area contributed by atoms with Crippen molar-refractivity contribution in [1.82, 2.24) is 4.98 Å². The molecule has 3 rings (SSSR count). The van der Waals surface area contributed by atoms with Crippen molar-refractivity contribution in [1.29, 1.82) is 0 Å². The zero-order chi connectivity index (χ0) is 19.4. The van der Waals surface area contributed by atoms with Crippen LogP contribution in [0.4, 0.5) is 0 Å². The number of carbonyl (C=O) groups is 1. The van der Waals surface area contributed by atoms with Crippen LogP contribution in [0.3, 0.4) is 0 Å². The summed E-state index contributed by atoms with van der Waals surface area (Å²) >= 11 is 0. The zero-order valence-electron chi connectivity index (χ0n) is 16.0. The van der Waals surface area contributed by atoms with Crippen LogP contribution >= 0.6 is 0 Å². The molecule has 4 nitrogen and oxygen atoms in total. The fourth-order valence-electron chi connectivity index (χ4n) is 3.98. The second-order valence-electron chi connectivity index (χ2n) is 7.69. The van der Waals surface area contributed by atoms with Crippen molar-refractivity contribution in [3.63, 3.8) is 0 Å². The molecular weight excluding hydrogens is 358 g/mol. The van der Waals surface area contributed by atoms with E-state index in [1.807, 2.05) is 25.1 Å². The summed E-state index contributed by atoms with van der Waals surface area (Å²) in [4.78, 5) is 17.9. The fourth-order valence-corrected chi connectivity index (χ4v) is 4.61. The molecule has 144 valence electrons. The van der Waals surface area contributed by atoms with Gasteiger partial charge < -0.3 is 0 Å². The van der Waals surface area contributed by atoms with Crippen molar-refractivity contribution >= 4 is 15.6 Å². The van der Waals surface area contributed by atoms with Gasteiger partial charge in [0, 0.05) is 30.0 Å². The second-order valence-corrected chi connectivity index (χ2v) is 9.71. The first-order chi connectivity index (χ1) is 12.8. The highest BCUT2D eigenvalue weighted by atomic mass is 32.2. The summed E-state index contributed by atoms with van der Waals surface area (Å²) in [7, 11) is -3.24. The Bertz CT molecular complexity index is 897. The maximum Gasteiger partial charge on any atom is 0.175 e. The SMILES string of the molecule is Cc1cccc(CC(=O)[C@H](CC2CCCC2)c2ccc(S(C)(=O)=O)cc2)n1. The van der Waals surface area contributed by atoms with Crippen LogP contribution in [0.1, 0.15) is 55.0 Å². The molecule has 5 heteroatoms. The largest absolute Gasteiger partial charge is 0.299 e. The van der Waals surface area contributed by atoms with E-state index in [0.717, 1.165) is 23.4 Å². The summed E-state index contributed by atoms with van der Waals surface area (Å²) in [6.07, 6.45) is 7.17. The number of ketones is 1. The molecule has 27 heavy (non-hydrogen) atoms. The van der Waals surface area contributed by atoms with Crippen LogP contribution in [0.25, 0.3) is 0 Å². The van der Waals surface area contributed by atoms with Gasteiger partial charge in [-0.2, -0.15) is 0 Å². The minimum atomic E-state index is -3.24. The molecule has 0 N–H and O–H groups in total. The highest BCUT2D eigenvalue weighted by Crippen LogP contribution is 2.35. The highest BCUT2D eigenvalue weighted by Gasteiger charge is 2.27. The average molecular weight is 386 g/mol. The first-order valence-corrected chi connectivity index (χ1v) is 11.5. The Morgan fingerprint density at radius 1 is 1.11 bits per heavy atom. The molecular formula is C22H27NO3S. The molecule has 1 fully saturated rings. The summed E-state index contributed by atoms with van der Waals surface area (Å²) in [6.45, 7) is 1.92. The van der Waals surface area contributed by atoms with E-state index in [0.29, 0.717) is 17.2 Å². The van der Waals surface area contributed by atoms with Crippen LogP contribution < -0.4 is 0 Å². The molecule has 1 saturated carbocycles. The van der Waals surface area contributed by atoms with Crippen molar-refractivity contribution in [2.75, 3.05) is 6.26 Å². The molecule has 1 aliphatic carbocycles. The molecule has 1 aromatic carbocycles. The van der Waals surface area contributed by atoms with Crippen molar-refractivity contribution < 1.29 is 13.2 Å². The lowest BCUT2D eigenvalue weighted by atomic mass is 9.83. The molecule has 0 spiro atoms. The number of pyridine rings is 1. The Morgan fingerprint density at radius 2 is 1.78 bits per heavy atom. The number of carbonyl (C=O) groups excluding carboxylic acids is 1. The van der Waals surface area contributed by atoms with Gasteiger partial charge >= 0.3 is 0 Å². The lowest BCUT2D eigenvalue weighted by molar-refractivity contribution is -0.120. The third-order valence-electron chi connectivity index (χ3n) is 5.44. The van der Waals surface area contributed by atoms with Crippen LogP contribution in [0, 0.1) is 12.8 Å². The smallest absolute Gasteiger partial charge is 0.175 e. The van der Waals surface area contributed by atoms with Crippen LogP contribution in [-0.2, 0) is 21.1 Å². The van der Waals surface area contributed by atoms with Gasteiger partial charge in [0.2, 0.25) is 0 Å². The van der Waals surface area contributed by atoms with E-state index in [1.165, 1.54) is 31.9 Å². The van der Waals surface area contributed by atoms with Gasteiger partial charge in [0.05, 0.1) is 4.90 Å². The first kappa shape index (κ1) is 19.7. The topological polar surface area (TPSA) is 64.1 Å². The number of hydrogen-bond donors (Lipinski definition) is 0. The standard InChI is InChI=1S/C22H27NO3S/c1-16-6-5-9-19(23-16)15-22(24)21(14-17-7-3-4-8-17)18-10-12-20(13-11-18)27(2,25)26/h5-6,9-13,17,21H,3-4,7-8,14-15H2,1-2H3/t21-/m1/s1. The number of nitrogens with zero attached hydrogens (tertiary/aromatic N) is 1. The van der Waals surface area contributed by atoms with E-state index >= 15 is 0 Å². The van der Waals surface area contributed by atoms with Crippen LogP contribution in [-0.4, -0.2) is 25.4 Å². The predicted molar refractivity (Wildman–Crippen MR) is 107 cm³/mol. The maximum atomic E-state index is 13.1. The number of sulfone groups is 1. The van der Waals surface area contributed by atoms with Crippen LogP contribution in [0.5, 0.6) is 0 Å². The minimum absolute atomic E-state index is 0.159. The number of aromatic nitrogens is 1. The molecule has 0 radical (unpaired) electrons. The predicted octanol–water partition coefficient (Wildman–Crippen LogP) is 4.27. The second kappa shape index (κ2) is 8.34. The molecule has 0 saturated heterocycles. The third-order valence-corrected chi connectivity index (χ3v) is 6.57. The number of hydrogen-bond acceptors (Lipinski definition) is 4. The summed E-state index contributed by atoms with van der Waals surface area (Å²) in [5.41, 5.74) is 2.61. The van der Waals surface area contributed by atoms with Crippen molar-refractivity contribution in [3.05, 3.63) is 59.4 Å². The van der Waals surface area contributed by atoms with Crippen LogP contribution in [0.2, 0.25) is 0 Å². The van der Waals surface area contributed by atoms with E-state index < -0.39 is 9.84 Å². The molecule has 0 bridgehead atoms. The van der Waals surface area contributed by atoms with Gasteiger partial charge in [0.1, 0.15) is 5.78 Å². The van der Waals surface area contributed by atoms with Gasteiger partial charge in [0.15, 0.2) is 9.84 Å². The highest BCUT2D eigenvalue weighted by molar-refractivity contribution is 7.90. The minimum Gasteiger partial charge on any atom is -0.299 e.